The van der Waals surface area contributed by atoms with Crippen molar-refractivity contribution in [3.8, 4) is 0 Å². The van der Waals surface area contributed by atoms with Crippen molar-refractivity contribution in [2.45, 2.75) is 24.7 Å². The van der Waals surface area contributed by atoms with Crippen molar-refractivity contribution < 1.29 is 21.6 Å². The fraction of sp³-hybridized carbons (Fsp3) is 0.350. The van der Waals surface area contributed by atoms with Gasteiger partial charge in [0.2, 0.25) is 26.0 Å². The maximum Gasteiger partial charge on any atom is 0.243 e. The lowest BCUT2D eigenvalue weighted by molar-refractivity contribution is -0.120. The van der Waals surface area contributed by atoms with Crippen LogP contribution in [0.3, 0.4) is 0 Å². The van der Waals surface area contributed by atoms with Gasteiger partial charge >= 0.3 is 0 Å². The van der Waals surface area contributed by atoms with Gasteiger partial charge in [-0.3, -0.25) is 9.52 Å². The van der Waals surface area contributed by atoms with Gasteiger partial charge in [-0.05, 0) is 61.7 Å². The zero-order valence-electron chi connectivity index (χ0n) is 17.1. The summed E-state index contributed by atoms with van der Waals surface area (Å²) in [5.74, 6) is -0.568. The largest absolute Gasteiger partial charge is 0.326 e. The van der Waals surface area contributed by atoms with E-state index in [2.05, 4.69) is 10.0 Å². The van der Waals surface area contributed by atoms with E-state index >= 15 is 0 Å². The summed E-state index contributed by atoms with van der Waals surface area (Å²) >= 11 is 5.83. The fourth-order valence-electron chi connectivity index (χ4n) is 3.37. The zero-order valence-corrected chi connectivity index (χ0v) is 19.5. The number of halogens is 1. The van der Waals surface area contributed by atoms with E-state index in [0.29, 0.717) is 29.2 Å². The van der Waals surface area contributed by atoms with Crippen LogP contribution in [0.15, 0.2) is 47.4 Å². The van der Waals surface area contributed by atoms with Crippen LogP contribution in [-0.4, -0.2) is 46.4 Å². The molecule has 0 bridgehead atoms. The molecule has 11 heteroatoms. The Labute approximate surface area is 187 Å². The third kappa shape index (κ3) is 5.97. The molecule has 0 aromatic heterocycles. The molecule has 1 saturated heterocycles. The number of anilines is 2. The van der Waals surface area contributed by atoms with E-state index in [9.17, 15) is 21.6 Å². The van der Waals surface area contributed by atoms with Gasteiger partial charge in [0, 0.05) is 29.7 Å². The Morgan fingerprint density at radius 3 is 2.23 bits per heavy atom. The molecule has 1 fully saturated rings. The second-order valence-electron chi connectivity index (χ2n) is 7.53. The normalized spacial score (nSPS) is 16.1. The number of hydrogen-bond acceptors (Lipinski definition) is 5. The second kappa shape index (κ2) is 9.15. The molecule has 0 atom stereocenters. The van der Waals surface area contributed by atoms with Gasteiger partial charge < -0.3 is 5.32 Å². The Hall–Kier alpha value is -2.14. The van der Waals surface area contributed by atoms with Crippen LogP contribution in [0.1, 0.15) is 18.4 Å². The molecule has 2 aromatic rings. The number of piperidine rings is 1. The molecule has 3 rings (SSSR count). The first kappa shape index (κ1) is 23.5. The first-order valence-corrected chi connectivity index (χ1v) is 13.3. The molecular weight excluding hydrogens is 462 g/mol. The van der Waals surface area contributed by atoms with E-state index in [-0.39, 0.29) is 29.8 Å². The van der Waals surface area contributed by atoms with Gasteiger partial charge in [-0.2, -0.15) is 4.31 Å². The molecule has 168 valence electrons. The number of nitrogens with one attached hydrogen (secondary N) is 2. The first-order chi connectivity index (χ1) is 14.5. The highest BCUT2D eigenvalue weighted by molar-refractivity contribution is 7.92. The molecule has 8 nitrogen and oxygen atoms in total. The van der Waals surface area contributed by atoms with Gasteiger partial charge in [-0.1, -0.05) is 17.7 Å². The van der Waals surface area contributed by atoms with Gasteiger partial charge in [0.15, 0.2) is 0 Å². The number of amides is 1. The number of benzene rings is 2. The summed E-state index contributed by atoms with van der Waals surface area (Å²) in [4.78, 5) is 12.9. The van der Waals surface area contributed by atoms with Crippen LogP contribution in [-0.2, 0) is 24.8 Å². The number of carbonyl (C=O) groups is 1. The average Bonchev–Trinajstić information content (AvgIpc) is 2.70. The Kier molecular flexibility index (Phi) is 6.95. The van der Waals surface area contributed by atoms with E-state index in [1.807, 2.05) is 0 Å². The lowest BCUT2D eigenvalue weighted by Gasteiger charge is -2.30. The summed E-state index contributed by atoms with van der Waals surface area (Å²) < 4.78 is 52.4. The van der Waals surface area contributed by atoms with E-state index < -0.39 is 20.0 Å². The minimum atomic E-state index is -3.64. The van der Waals surface area contributed by atoms with E-state index in [1.54, 1.807) is 25.1 Å². The number of aryl methyl sites for hydroxylation is 1. The summed E-state index contributed by atoms with van der Waals surface area (Å²) in [5.41, 5.74) is 1.59. The predicted molar refractivity (Wildman–Crippen MR) is 121 cm³/mol. The molecule has 1 heterocycles. The number of nitrogens with zero attached hydrogens (tertiary/aromatic N) is 1. The van der Waals surface area contributed by atoms with Crippen molar-refractivity contribution in [2.75, 3.05) is 29.4 Å². The topological polar surface area (TPSA) is 113 Å². The lowest BCUT2D eigenvalue weighted by atomic mass is 9.97. The minimum Gasteiger partial charge on any atom is -0.326 e. The molecule has 1 aliphatic heterocycles. The highest BCUT2D eigenvalue weighted by atomic mass is 35.5. The van der Waals surface area contributed by atoms with Crippen molar-refractivity contribution in [1.82, 2.24) is 4.31 Å². The lowest BCUT2D eigenvalue weighted by Crippen LogP contribution is -2.41. The van der Waals surface area contributed by atoms with Crippen molar-refractivity contribution in [3.05, 3.63) is 53.1 Å². The molecule has 0 spiro atoms. The van der Waals surface area contributed by atoms with Gasteiger partial charge in [0.1, 0.15) is 0 Å². The maximum absolute atomic E-state index is 12.8. The quantitative estimate of drug-likeness (QED) is 0.652. The van der Waals surface area contributed by atoms with E-state index in [4.69, 9.17) is 11.6 Å². The monoisotopic (exact) mass is 485 g/mol. The van der Waals surface area contributed by atoms with Crippen LogP contribution in [0.5, 0.6) is 0 Å². The van der Waals surface area contributed by atoms with Crippen molar-refractivity contribution >= 4 is 48.9 Å². The number of carbonyl (C=O) groups excluding carboxylic acids is 1. The van der Waals surface area contributed by atoms with Gasteiger partial charge in [0.25, 0.3) is 0 Å². The predicted octanol–water partition coefficient (Wildman–Crippen LogP) is 3.06. The van der Waals surface area contributed by atoms with Crippen molar-refractivity contribution in [1.29, 1.82) is 0 Å². The molecule has 0 unspecified atom stereocenters. The van der Waals surface area contributed by atoms with Gasteiger partial charge in [-0.15, -0.1) is 0 Å². The first-order valence-electron chi connectivity index (χ1n) is 9.61. The minimum absolute atomic E-state index is 0.172. The summed E-state index contributed by atoms with van der Waals surface area (Å²) in [6, 6.07) is 11.0. The van der Waals surface area contributed by atoms with E-state index in [1.165, 1.54) is 28.6 Å². The van der Waals surface area contributed by atoms with Gasteiger partial charge in [-0.25, -0.2) is 16.8 Å². The van der Waals surface area contributed by atoms with Gasteiger partial charge in [0.05, 0.1) is 16.8 Å². The SMILES string of the molecule is Cc1ccc(NC(=O)C2CCN(S(=O)(=O)c3ccc(Cl)cc3)CC2)cc1NS(C)(=O)=O. The highest BCUT2D eigenvalue weighted by Crippen LogP contribution is 2.27. The third-order valence-corrected chi connectivity index (χ3v) is 7.83. The average molecular weight is 486 g/mol. The molecule has 2 aromatic carbocycles. The standard InChI is InChI=1S/C20H24ClN3O5S2/c1-14-3-6-17(13-19(14)23-30(2,26)27)22-20(25)15-9-11-24(12-10-15)31(28,29)18-7-4-16(21)5-8-18/h3-8,13,15,23H,9-12H2,1-2H3,(H,22,25). The number of hydrogen-bond donors (Lipinski definition) is 2. The van der Waals surface area contributed by atoms with Crippen LogP contribution in [0.25, 0.3) is 0 Å². The number of rotatable bonds is 6. The van der Waals surface area contributed by atoms with Crippen molar-refractivity contribution in [3.63, 3.8) is 0 Å². The Bertz CT molecular complexity index is 1170. The molecule has 1 aliphatic rings. The molecule has 0 aliphatic carbocycles. The summed E-state index contributed by atoms with van der Waals surface area (Å²) in [6.07, 6.45) is 1.83. The second-order valence-corrected chi connectivity index (χ2v) is 11.6. The van der Waals surface area contributed by atoms with Crippen molar-refractivity contribution in [2.24, 2.45) is 5.92 Å². The highest BCUT2D eigenvalue weighted by Gasteiger charge is 2.32. The number of sulfonamides is 2. The summed E-state index contributed by atoms with van der Waals surface area (Å²) in [5, 5.41) is 3.26. The molecule has 1 amide bonds. The zero-order chi connectivity index (χ0) is 22.8. The molecular formula is C20H24ClN3O5S2. The Morgan fingerprint density at radius 1 is 1.03 bits per heavy atom. The molecule has 2 N–H and O–H groups in total. The third-order valence-electron chi connectivity index (χ3n) is 5.08. The van der Waals surface area contributed by atoms with Crippen LogP contribution < -0.4 is 10.0 Å². The molecule has 0 radical (unpaired) electrons. The summed E-state index contributed by atoms with van der Waals surface area (Å²) in [7, 11) is -7.08. The fourth-order valence-corrected chi connectivity index (χ4v) is 5.58. The van der Waals surface area contributed by atoms with Crippen LogP contribution in [0.2, 0.25) is 5.02 Å². The smallest absolute Gasteiger partial charge is 0.243 e. The Morgan fingerprint density at radius 2 is 1.65 bits per heavy atom. The van der Waals surface area contributed by atoms with E-state index in [0.717, 1.165) is 11.8 Å². The maximum atomic E-state index is 12.8. The Balaban J connectivity index is 1.63. The molecule has 31 heavy (non-hydrogen) atoms. The van der Waals surface area contributed by atoms with Crippen LogP contribution in [0.4, 0.5) is 11.4 Å². The summed E-state index contributed by atoms with van der Waals surface area (Å²) in [6.45, 7) is 2.23. The van der Waals surface area contributed by atoms with Crippen LogP contribution in [0, 0.1) is 12.8 Å². The van der Waals surface area contributed by atoms with Crippen LogP contribution >= 0.6 is 11.6 Å². The molecule has 0 saturated carbocycles.